The minimum Gasteiger partial charge on any atom is -0.508 e. The van der Waals surface area contributed by atoms with Gasteiger partial charge in [0.2, 0.25) is 11.8 Å². The van der Waals surface area contributed by atoms with Gasteiger partial charge >= 0.3 is 0 Å². The number of nitrogens with one attached hydrogen (secondary N) is 2. The Kier molecular flexibility index (Phi) is 7.35. The van der Waals surface area contributed by atoms with Gasteiger partial charge in [-0.2, -0.15) is 5.01 Å². The lowest BCUT2D eigenvalue weighted by molar-refractivity contribution is -0.138. The maximum absolute atomic E-state index is 15.2. The van der Waals surface area contributed by atoms with Crippen molar-refractivity contribution in [3.8, 4) is 11.5 Å². The van der Waals surface area contributed by atoms with Crippen molar-refractivity contribution in [1.29, 1.82) is 0 Å². The van der Waals surface area contributed by atoms with Crippen LogP contribution in [0.3, 0.4) is 0 Å². The van der Waals surface area contributed by atoms with Crippen LogP contribution in [0.1, 0.15) is 41.0 Å². The normalized spacial score (nSPS) is 27.2. The zero-order valence-corrected chi connectivity index (χ0v) is 26.8. The van der Waals surface area contributed by atoms with Gasteiger partial charge in [0.25, 0.3) is 11.8 Å². The number of ether oxygens (including phenoxy) is 1. The van der Waals surface area contributed by atoms with Crippen molar-refractivity contribution in [2.45, 2.75) is 37.7 Å². The number of phenols is 1. The fourth-order valence-corrected chi connectivity index (χ4v) is 8.60. The summed E-state index contributed by atoms with van der Waals surface area (Å²) in [6, 6.07) is 31.4. The van der Waals surface area contributed by atoms with Crippen LogP contribution in [-0.2, 0) is 31.2 Å². The van der Waals surface area contributed by atoms with Crippen molar-refractivity contribution in [1.82, 2.24) is 10.3 Å². The van der Waals surface area contributed by atoms with Crippen LogP contribution in [0.5, 0.6) is 11.5 Å². The van der Waals surface area contributed by atoms with E-state index >= 15 is 4.79 Å². The molecule has 49 heavy (non-hydrogen) atoms. The first-order valence-electron chi connectivity index (χ1n) is 16.6. The second-order valence-electron chi connectivity index (χ2n) is 13.4. The Bertz CT molecular complexity index is 2010. The van der Waals surface area contributed by atoms with Gasteiger partial charge in [-0.25, -0.2) is 0 Å². The number of amides is 4. The largest absolute Gasteiger partial charge is 0.508 e. The molecule has 2 saturated heterocycles. The van der Waals surface area contributed by atoms with E-state index in [9.17, 15) is 19.5 Å². The SMILES string of the molecule is Cc1ccc(NN2C(=O)[C@@H]3C[C@@H]4C(=CC[C@@H]5C(=O)NC(=O)[C@@H]54)[C@H](c4ccc(OCc5ccccc5)cc4O)[C@]3(c3ccccc3)C2=O)cc1. The molecule has 1 saturated carbocycles. The fourth-order valence-electron chi connectivity index (χ4n) is 8.60. The van der Waals surface area contributed by atoms with E-state index in [4.69, 9.17) is 4.74 Å². The number of hydrogen-bond acceptors (Lipinski definition) is 7. The fraction of sp³-hybridized carbons (Fsp3) is 0.250. The van der Waals surface area contributed by atoms with E-state index in [-0.39, 0.29) is 24.0 Å². The molecule has 246 valence electrons. The molecule has 2 aliphatic heterocycles. The molecule has 9 heteroatoms. The first-order valence-corrected chi connectivity index (χ1v) is 16.6. The zero-order valence-electron chi connectivity index (χ0n) is 26.8. The lowest BCUT2D eigenvalue weighted by atomic mass is 9.49. The summed E-state index contributed by atoms with van der Waals surface area (Å²) in [5.74, 6) is -4.66. The van der Waals surface area contributed by atoms with E-state index in [2.05, 4.69) is 10.7 Å². The predicted molar refractivity (Wildman–Crippen MR) is 181 cm³/mol. The minimum absolute atomic E-state index is 0.0922. The summed E-state index contributed by atoms with van der Waals surface area (Å²) < 4.78 is 6.03. The van der Waals surface area contributed by atoms with Crippen LogP contribution >= 0.6 is 0 Å². The summed E-state index contributed by atoms with van der Waals surface area (Å²) in [5.41, 5.74) is 6.05. The summed E-state index contributed by atoms with van der Waals surface area (Å²) in [4.78, 5) is 56.0. The average molecular weight is 654 g/mol. The number of benzene rings is 4. The predicted octanol–water partition coefficient (Wildman–Crippen LogP) is 5.55. The number of fused-ring (bicyclic) bond motifs is 4. The van der Waals surface area contributed by atoms with Crippen molar-refractivity contribution in [2.24, 2.45) is 23.7 Å². The standard InChI is InChI=1S/C40H35N3O6/c1-23-12-14-26(15-13-23)42-43-38(47)32-21-31-28(18-19-30-34(31)37(46)41-36(30)45)35(40(32,39(43)48)25-10-6-3-7-11-25)29-17-16-27(20-33(29)44)49-22-24-8-4-2-5-9-24/h2-18,20,30-32,34-35,42,44H,19,21-22H2,1H3,(H,41,45,46)/t30-,31+,32-,34-,35+,40+/m0/s1. The number of hydrazine groups is 1. The van der Waals surface area contributed by atoms with Crippen molar-refractivity contribution in [2.75, 3.05) is 5.43 Å². The molecule has 2 aliphatic carbocycles. The molecule has 0 bridgehead atoms. The van der Waals surface area contributed by atoms with E-state index < -0.39 is 46.8 Å². The third kappa shape index (κ3) is 4.83. The number of allylic oxidation sites excluding steroid dienone is 2. The number of aromatic hydroxyl groups is 1. The van der Waals surface area contributed by atoms with Crippen molar-refractivity contribution in [3.05, 3.63) is 137 Å². The molecule has 6 atom stereocenters. The van der Waals surface area contributed by atoms with Crippen LogP contribution in [-0.4, -0.2) is 33.7 Å². The van der Waals surface area contributed by atoms with Crippen LogP contribution in [0.2, 0.25) is 0 Å². The highest BCUT2D eigenvalue weighted by Gasteiger charge is 2.70. The number of nitrogens with zero attached hydrogens (tertiary/aromatic N) is 1. The monoisotopic (exact) mass is 653 g/mol. The van der Waals surface area contributed by atoms with Crippen LogP contribution in [0, 0.1) is 30.6 Å². The molecular formula is C40H35N3O6. The first-order chi connectivity index (χ1) is 23.8. The van der Waals surface area contributed by atoms with E-state index in [1.165, 1.54) is 6.07 Å². The Morgan fingerprint density at radius 3 is 2.31 bits per heavy atom. The average Bonchev–Trinajstić information content (AvgIpc) is 3.53. The second kappa shape index (κ2) is 11.8. The Morgan fingerprint density at radius 2 is 1.59 bits per heavy atom. The third-order valence-electron chi connectivity index (χ3n) is 10.8. The van der Waals surface area contributed by atoms with Gasteiger partial charge in [-0.3, -0.25) is 29.9 Å². The van der Waals surface area contributed by atoms with E-state index in [1.807, 2.05) is 97.9 Å². The maximum Gasteiger partial charge on any atom is 0.260 e. The molecule has 4 aromatic carbocycles. The van der Waals surface area contributed by atoms with Gasteiger partial charge in [-0.05, 0) is 55.0 Å². The van der Waals surface area contributed by atoms with Gasteiger partial charge in [-0.15, -0.1) is 0 Å². The van der Waals surface area contributed by atoms with Crippen LogP contribution in [0.4, 0.5) is 5.69 Å². The van der Waals surface area contributed by atoms with Crippen LogP contribution in [0.15, 0.2) is 115 Å². The topological polar surface area (TPSA) is 125 Å². The molecule has 9 nitrogen and oxygen atoms in total. The van der Waals surface area contributed by atoms with Crippen molar-refractivity contribution in [3.63, 3.8) is 0 Å². The van der Waals surface area contributed by atoms with Gasteiger partial charge in [0, 0.05) is 17.5 Å². The van der Waals surface area contributed by atoms with Gasteiger partial charge < -0.3 is 9.84 Å². The zero-order chi connectivity index (χ0) is 33.9. The Hall–Kier alpha value is -5.70. The Labute approximate surface area is 283 Å². The molecule has 0 unspecified atom stereocenters. The third-order valence-corrected chi connectivity index (χ3v) is 10.8. The lowest BCUT2D eigenvalue weighted by Crippen LogP contribution is -2.53. The Balaban J connectivity index is 1.29. The molecule has 0 spiro atoms. The maximum atomic E-state index is 15.2. The first kappa shape index (κ1) is 30.6. The molecule has 4 aliphatic rings. The highest BCUT2D eigenvalue weighted by molar-refractivity contribution is 6.13. The lowest BCUT2D eigenvalue weighted by Gasteiger charge is -2.50. The second-order valence-corrected chi connectivity index (χ2v) is 13.4. The molecule has 4 amide bonds. The molecule has 8 rings (SSSR count). The van der Waals surface area contributed by atoms with Gasteiger partial charge in [0.15, 0.2) is 0 Å². The number of hydrogen-bond donors (Lipinski definition) is 3. The van der Waals surface area contributed by atoms with Gasteiger partial charge in [0.05, 0.1) is 28.9 Å². The molecule has 2 heterocycles. The number of carbonyl (C=O) groups is 4. The molecular weight excluding hydrogens is 618 g/mol. The quantitative estimate of drug-likeness (QED) is 0.176. The number of aryl methyl sites for hydroxylation is 1. The number of rotatable bonds is 7. The molecule has 0 aromatic heterocycles. The number of phenolic OH excluding ortho intramolecular Hbond substituents is 1. The van der Waals surface area contributed by atoms with Crippen LogP contribution in [0.25, 0.3) is 0 Å². The number of carbonyl (C=O) groups excluding carboxylic acids is 4. The summed E-state index contributed by atoms with van der Waals surface area (Å²) in [7, 11) is 0. The smallest absolute Gasteiger partial charge is 0.260 e. The highest BCUT2D eigenvalue weighted by Crippen LogP contribution is 2.64. The molecule has 4 aromatic rings. The summed E-state index contributed by atoms with van der Waals surface area (Å²) in [5, 5.41) is 15.4. The van der Waals surface area contributed by atoms with E-state index in [1.54, 1.807) is 12.1 Å². The van der Waals surface area contributed by atoms with Crippen molar-refractivity contribution < 1.29 is 29.0 Å². The van der Waals surface area contributed by atoms with Crippen molar-refractivity contribution >= 4 is 29.3 Å². The highest BCUT2D eigenvalue weighted by atomic mass is 16.5. The Morgan fingerprint density at radius 1 is 0.878 bits per heavy atom. The minimum atomic E-state index is -1.46. The summed E-state index contributed by atoms with van der Waals surface area (Å²) >= 11 is 0. The molecule has 3 N–H and O–H groups in total. The van der Waals surface area contributed by atoms with Gasteiger partial charge in [-0.1, -0.05) is 96.1 Å². The molecule has 3 fully saturated rings. The number of imide groups is 2. The van der Waals surface area contributed by atoms with E-state index in [0.717, 1.165) is 21.7 Å². The summed E-state index contributed by atoms with van der Waals surface area (Å²) in [6.07, 6.45) is 2.46. The number of anilines is 1. The van der Waals surface area contributed by atoms with Crippen LogP contribution < -0.4 is 15.5 Å². The van der Waals surface area contributed by atoms with E-state index in [0.29, 0.717) is 35.6 Å². The van der Waals surface area contributed by atoms with Gasteiger partial charge in [0.1, 0.15) is 18.1 Å². The molecule has 0 radical (unpaired) electrons. The summed E-state index contributed by atoms with van der Waals surface area (Å²) in [6.45, 7) is 2.25.